The van der Waals surface area contributed by atoms with E-state index in [4.69, 9.17) is 5.11 Å². The van der Waals surface area contributed by atoms with Crippen LogP contribution >= 0.6 is 11.3 Å². The maximum absolute atomic E-state index is 12.6. The number of benzene rings is 1. The van der Waals surface area contributed by atoms with E-state index in [0.29, 0.717) is 5.56 Å². The Morgan fingerprint density at radius 3 is 2.27 bits per heavy atom. The zero-order valence-corrected chi connectivity index (χ0v) is 16.4. The molecule has 2 aromatic rings. The van der Waals surface area contributed by atoms with Gasteiger partial charge < -0.3 is 5.11 Å². The van der Waals surface area contributed by atoms with Gasteiger partial charge in [0.15, 0.2) is 5.78 Å². The van der Waals surface area contributed by atoms with E-state index in [9.17, 15) is 9.59 Å². The lowest BCUT2D eigenvalue weighted by Gasteiger charge is -2.42. The number of allylic oxidation sites excluding steroid dienone is 1. The number of hydrogen-bond donors (Lipinski definition) is 1. The van der Waals surface area contributed by atoms with Crippen molar-refractivity contribution in [3.05, 3.63) is 62.9 Å². The fourth-order valence-electron chi connectivity index (χ4n) is 3.55. The van der Waals surface area contributed by atoms with E-state index in [1.54, 1.807) is 18.2 Å². The van der Waals surface area contributed by atoms with Crippen LogP contribution in [-0.2, 0) is 10.8 Å². The summed E-state index contributed by atoms with van der Waals surface area (Å²) in [5, 5.41) is 8.98. The van der Waals surface area contributed by atoms with Crippen LogP contribution in [0.2, 0.25) is 0 Å². The maximum atomic E-state index is 12.6. The molecule has 1 N–H and O–H groups in total. The molecular weight excluding hydrogens is 344 g/mol. The zero-order valence-electron chi connectivity index (χ0n) is 15.6. The highest BCUT2D eigenvalue weighted by molar-refractivity contribution is 7.14. The molecule has 0 radical (unpaired) electrons. The average Bonchev–Trinajstić information content (AvgIpc) is 3.06. The largest absolute Gasteiger partial charge is 0.477 e. The maximum Gasteiger partial charge on any atom is 0.345 e. The van der Waals surface area contributed by atoms with Crippen LogP contribution in [0.4, 0.5) is 0 Å². The molecule has 0 aliphatic heterocycles. The highest BCUT2D eigenvalue weighted by Crippen LogP contribution is 2.45. The van der Waals surface area contributed by atoms with Gasteiger partial charge in [-0.1, -0.05) is 39.8 Å². The van der Waals surface area contributed by atoms with Gasteiger partial charge in [0, 0.05) is 10.4 Å². The highest BCUT2D eigenvalue weighted by atomic mass is 32.1. The number of ketones is 1. The lowest BCUT2D eigenvalue weighted by molar-refractivity contribution is 0.0702. The van der Waals surface area contributed by atoms with E-state index in [1.807, 2.05) is 12.1 Å². The normalized spacial score (nSPS) is 17.8. The fourth-order valence-corrected chi connectivity index (χ4v) is 4.30. The molecule has 3 rings (SSSR count). The third-order valence-corrected chi connectivity index (χ3v) is 6.41. The second kappa shape index (κ2) is 6.51. The molecule has 0 saturated carbocycles. The number of aromatic carboxylic acids is 1. The van der Waals surface area contributed by atoms with Crippen LogP contribution in [0.15, 0.2) is 36.4 Å². The first-order valence-corrected chi connectivity index (χ1v) is 9.62. The Labute approximate surface area is 158 Å². The first-order valence-electron chi connectivity index (χ1n) is 8.81. The molecule has 0 amide bonds. The van der Waals surface area contributed by atoms with Crippen molar-refractivity contribution in [2.24, 2.45) is 0 Å². The number of hydrogen-bond acceptors (Lipinski definition) is 3. The third kappa shape index (κ3) is 3.51. The van der Waals surface area contributed by atoms with Crippen LogP contribution < -0.4 is 0 Å². The number of carboxylic acid groups (broad SMARTS) is 1. The van der Waals surface area contributed by atoms with Crippen molar-refractivity contribution in [2.75, 3.05) is 0 Å². The van der Waals surface area contributed by atoms with Crippen molar-refractivity contribution in [3.8, 4) is 0 Å². The first kappa shape index (κ1) is 18.6. The molecule has 0 bridgehead atoms. The van der Waals surface area contributed by atoms with Gasteiger partial charge in [0.1, 0.15) is 4.88 Å². The molecule has 0 spiro atoms. The van der Waals surface area contributed by atoms with Crippen LogP contribution in [-0.4, -0.2) is 16.9 Å². The Balaban J connectivity index is 1.88. The van der Waals surface area contributed by atoms with Crippen molar-refractivity contribution >= 4 is 29.2 Å². The van der Waals surface area contributed by atoms with Gasteiger partial charge in [-0.2, -0.15) is 0 Å². The molecular formula is C22H24O3S. The summed E-state index contributed by atoms with van der Waals surface area (Å²) < 4.78 is 0. The summed E-state index contributed by atoms with van der Waals surface area (Å²) in [6.45, 7) is 9.01. The lowest BCUT2D eigenvalue weighted by atomic mass is 9.63. The van der Waals surface area contributed by atoms with E-state index in [0.717, 1.165) is 29.1 Å². The SMILES string of the molecule is CC1(C)CCC(C)(C)c2cc(C(=O)C=Cc3ccc(C(=O)O)s3)ccc21. The monoisotopic (exact) mass is 368 g/mol. The molecule has 136 valence electrons. The highest BCUT2D eigenvalue weighted by Gasteiger charge is 2.37. The van der Waals surface area contributed by atoms with Gasteiger partial charge >= 0.3 is 5.97 Å². The summed E-state index contributed by atoms with van der Waals surface area (Å²) in [6, 6.07) is 9.33. The van der Waals surface area contributed by atoms with Gasteiger partial charge in [0.05, 0.1) is 0 Å². The second-order valence-corrected chi connectivity index (χ2v) is 9.35. The van der Waals surface area contributed by atoms with E-state index in [-0.39, 0.29) is 21.5 Å². The predicted molar refractivity (Wildman–Crippen MR) is 106 cm³/mol. The summed E-state index contributed by atoms with van der Waals surface area (Å²) in [7, 11) is 0. The summed E-state index contributed by atoms with van der Waals surface area (Å²) >= 11 is 1.16. The van der Waals surface area contributed by atoms with E-state index >= 15 is 0 Å². The van der Waals surface area contributed by atoms with Gasteiger partial charge in [0.25, 0.3) is 0 Å². The molecule has 1 aliphatic carbocycles. The fraction of sp³-hybridized carbons (Fsp3) is 0.364. The summed E-state index contributed by atoms with van der Waals surface area (Å²) in [5.74, 6) is -1.00. The van der Waals surface area contributed by atoms with Crippen LogP contribution in [0.3, 0.4) is 0 Å². The third-order valence-electron chi connectivity index (χ3n) is 5.37. The van der Waals surface area contributed by atoms with Crippen LogP contribution in [0.1, 0.15) is 76.6 Å². The van der Waals surface area contributed by atoms with Gasteiger partial charge in [-0.3, -0.25) is 4.79 Å². The Morgan fingerprint density at radius 2 is 1.65 bits per heavy atom. The topological polar surface area (TPSA) is 54.4 Å². The second-order valence-electron chi connectivity index (χ2n) is 8.23. The molecule has 0 saturated heterocycles. The number of thiophene rings is 1. The summed E-state index contributed by atoms with van der Waals surface area (Å²) in [5.41, 5.74) is 3.47. The quantitative estimate of drug-likeness (QED) is 0.557. The molecule has 1 aromatic heterocycles. The van der Waals surface area contributed by atoms with E-state index in [1.165, 1.54) is 17.2 Å². The number of fused-ring (bicyclic) bond motifs is 1. The minimum absolute atomic E-state index is 0.0581. The molecule has 1 aliphatic rings. The van der Waals surface area contributed by atoms with Crippen molar-refractivity contribution in [3.63, 3.8) is 0 Å². The van der Waals surface area contributed by atoms with E-state index in [2.05, 4.69) is 33.8 Å². The van der Waals surface area contributed by atoms with Gasteiger partial charge in [-0.05, 0) is 65.1 Å². The van der Waals surface area contributed by atoms with Crippen LogP contribution in [0.5, 0.6) is 0 Å². The molecule has 4 heteroatoms. The Hall–Kier alpha value is -2.20. The van der Waals surface area contributed by atoms with Crippen LogP contribution in [0, 0.1) is 0 Å². The lowest BCUT2D eigenvalue weighted by Crippen LogP contribution is -2.34. The predicted octanol–water partition coefficient (Wildman–Crippen LogP) is 5.69. The minimum Gasteiger partial charge on any atom is -0.477 e. The Kier molecular flexibility index (Phi) is 4.65. The standard InChI is InChI=1S/C22H24O3S/c1-21(2)11-12-22(3,4)17-13-14(5-8-16(17)21)18(23)9-6-15-7-10-19(26-15)20(24)25/h5-10,13H,11-12H2,1-4H3,(H,24,25). The number of carboxylic acids is 1. The number of rotatable bonds is 4. The van der Waals surface area contributed by atoms with Gasteiger partial charge in [0.2, 0.25) is 0 Å². The first-order chi connectivity index (χ1) is 12.1. The number of carbonyl (C=O) groups is 2. The zero-order chi connectivity index (χ0) is 19.1. The van der Waals surface area contributed by atoms with Crippen molar-refractivity contribution in [1.29, 1.82) is 0 Å². The minimum atomic E-state index is -0.944. The number of carbonyl (C=O) groups excluding carboxylic acids is 1. The average molecular weight is 368 g/mol. The molecule has 1 aromatic carbocycles. The molecule has 26 heavy (non-hydrogen) atoms. The van der Waals surface area contributed by atoms with Crippen LogP contribution in [0.25, 0.3) is 6.08 Å². The summed E-state index contributed by atoms with van der Waals surface area (Å²) in [6.07, 6.45) is 5.46. The van der Waals surface area contributed by atoms with Gasteiger partial charge in [-0.25, -0.2) is 4.79 Å². The molecule has 0 unspecified atom stereocenters. The van der Waals surface area contributed by atoms with Crippen molar-refractivity contribution < 1.29 is 14.7 Å². The van der Waals surface area contributed by atoms with Crippen molar-refractivity contribution in [2.45, 2.75) is 51.4 Å². The molecule has 1 heterocycles. The Morgan fingerprint density at radius 1 is 1.00 bits per heavy atom. The van der Waals surface area contributed by atoms with Crippen molar-refractivity contribution in [1.82, 2.24) is 0 Å². The molecule has 0 fully saturated rings. The smallest absolute Gasteiger partial charge is 0.345 e. The van der Waals surface area contributed by atoms with E-state index < -0.39 is 5.97 Å². The Bertz CT molecular complexity index is 900. The molecule has 0 atom stereocenters. The summed E-state index contributed by atoms with van der Waals surface area (Å²) in [4.78, 5) is 24.6. The molecule has 3 nitrogen and oxygen atoms in total. The van der Waals surface area contributed by atoms with Gasteiger partial charge in [-0.15, -0.1) is 11.3 Å².